The number of hydrogen-bond donors (Lipinski definition) is 3. The van der Waals surface area contributed by atoms with Crippen LogP contribution in [0.1, 0.15) is 60.1 Å². The molecule has 1 unspecified atom stereocenters. The van der Waals surface area contributed by atoms with Gasteiger partial charge in [-0.3, -0.25) is 4.99 Å². The maximum absolute atomic E-state index is 12.2. The van der Waals surface area contributed by atoms with Crippen molar-refractivity contribution in [2.75, 3.05) is 31.1 Å². The normalized spacial score (nSPS) is 16.1. The van der Waals surface area contributed by atoms with E-state index >= 15 is 0 Å². The van der Waals surface area contributed by atoms with E-state index in [4.69, 9.17) is 9.73 Å². The molecule has 0 saturated carbocycles. The van der Waals surface area contributed by atoms with E-state index in [0.717, 1.165) is 49.9 Å². The Morgan fingerprint density at radius 3 is 2.48 bits per heavy atom. The van der Waals surface area contributed by atoms with Crippen molar-refractivity contribution in [3.63, 3.8) is 0 Å². The third-order valence-electron chi connectivity index (χ3n) is 5.33. The lowest BCUT2D eigenvalue weighted by molar-refractivity contribution is 0.0493. The molecule has 1 atom stereocenters. The number of nitrogens with one attached hydrogen (secondary N) is 3. The molecule has 1 aliphatic heterocycles. The molecule has 3 N–H and O–H groups in total. The molecule has 1 amide bonds. The highest BCUT2D eigenvalue weighted by Crippen LogP contribution is 2.18. The van der Waals surface area contributed by atoms with E-state index in [-0.39, 0.29) is 35.9 Å². The van der Waals surface area contributed by atoms with Gasteiger partial charge in [0.05, 0.1) is 12.6 Å². The van der Waals surface area contributed by atoms with Gasteiger partial charge in [0, 0.05) is 31.4 Å². The van der Waals surface area contributed by atoms with Crippen LogP contribution in [0.4, 0.5) is 10.6 Å². The van der Waals surface area contributed by atoms with Gasteiger partial charge in [-0.2, -0.15) is 0 Å². The number of alkyl carbamates (subject to hydrolysis) is 1. The second-order valence-corrected chi connectivity index (χ2v) is 9.76. The molecule has 1 aromatic rings. The van der Waals surface area contributed by atoms with Crippen LogP contribution in [0.25, 0.3) is 0 Å². The molecule has 33 heavy (non-hydrogen) atoms. The smallest absolute Gasteiger partial charge is 0.407 e. The van der Waals surface area contributed by atoms with Gasteiger partial charge in [0.2, 0.25) is 0 Å². The van der Waals surface area contributed by atoms with Gasteiger partial charge in [-0.05, 0) is 65.5 Å². The van der Waals surface area contributed by atoms with E-state index in [1.54, 1.807) is 0 Å². The minimum atomic E-state index is -0.520. The average molecular weight is 575 g/mol. The second-order valence-electron chi connectivity index (χ2n) is 9.76. The number of guanidine groups is 1. The van der Waals surface area contributed by atoms with Gasteiger partial charge in [0.15, 0.2) is 5.96 Å². The number of nitrogens with zero attached hydrogens (tertiary/aromatic N) is 3. The highest BCUT2D eigenvalue weighted by Gasteiger charge is 2.23. The van der Waals surface area contributed by atoms with Gasteiger partial charge in [-0.1, -0.05) is 19.9 Å². The van der Waals surface area contributed by atoms with Crippen LogP contribution in [0.5, 0.6) is 0 Å². The fourth-order valence-corrected chi connectivity index (χ4v) is 3.54. The number of carbonyl (C=O) groups excluding carboxylic acids is 1. The van der Waals surface area contributed by atoms with Crippen LogP contribution < -0.4 is 20.9 Å². The summed E-state index contributed by atoms with van der Waals surface area (Å²) in [7, 11) is 0. The first-order valence-electron chi connectivity index (χ1n) is 11.8. The van der Waals surface area contributed by atoms with Crippen molar-refractivity contribution in [2.24, 2.45) is 10.9 Å². The molecule has 0 bridgehead atoms. The number of piperidine rings is 1. The number of aromatic nitrogens is 1. The minimum absolute atomic E-state index is 0. The summed E-state index contributed by atoms with van der Waals surface area (Å²) in [6, 6.07) is 6.42. The van der Waals surface area contributed by atoms with Gasteiger partial charge >= 0.3 is 6.09 Å². The summed E-state index contributed by atoms with van der Waals surface area (Å²) >= 11 is 0. The van der Waals surface area contributed by atoms with Crippen LogP contribution >= 0.6 is 24.0 Å². The fraction of sp³-hybridized carbons (Fsp3) is 0.708. The molecule has 1 aliphatic rings. The summed E-state index contributed by atoms with van der Waals surface area (Å²) in [6.45, 7) is 17.0. The zero-order chi connectivity index (χ0) is 23.7. The first kappa shape index (κ1) is 29.3. The lowest BCUT2D eigenvalue weighted by Gasteiger charge is -2.34. The molecule has 2 rings (SSSR count). The first-order chi connectivity index (χ1) is 15.1. The molecule has 188 valence electrons. The third kappa shape index (κ3) is 10.8. The summed E-state index contributed by atoms with van der Waals surface area (Å²) in [5.41, 5.74) is 0.526. The monoisotopic (exact) mass is 574 g/mol. The number of ether oxygens (including phenoxy) is 1. The van der Waals surface area contributed by atoms with E-state index in [1.165, 1.54) is 0 Å². The summed E-state index contributed by atoms with van der Waals surface area (Å²) in [6.07, 6.45) is 1.63. The van der Waals surface area contributed by atoms with E-state index in [2.05, 4.69) is 58.7 Å². The standard InChI is InChI=1S/C24H42N6O2.HI/c1-8-25-22(26-16-20(17(2)3)29-23(31)32-24(5,6)7)28-19-12-14-30(15-13-19)21-11-9-10-18(4)27-21;/h9-11,17,19-20H,8,12-16H2,1-7H3,(H,29,31)(H2,25,26,28);1H. The number of rotatable bonds is 7. The van der Waals surface area contributed by atoms with Gasteiger partial charge in [-0.15, -0.1) is 24.0 Å². The highest BCUT2D eigenvalue weighted by atomic mass is 127. The number of carbonyl (C=O) groups is 1. The van der Waals surface area contributed by atoms with Crippen molar-refractivity contribution >= 4 is 41.8 Å². The van der Waals surface area contributed by atoms with Crippen LogP contribution in [0.2, 0.25) is 0 Å². The van der Waals surface area contributed by atoms with Crippen molar-refractivity contribution in [1.29, 1.82) is 0 Å². The average Bonchev–Trinajstić information content (AvgIpc) is 2.70. The predicted octanol–water partition coefficient (Wildman–Crippen LogP) is 4.08. The van der Waals surface area contributed by atoms with Gasteiger partial charge < -0.3 is 25.6 Å². The number of aliphatic imine (C=N–C) groups is 1. The first-order valence-corrected chi connectivity index (χ1v) is 11.8. The molecule has 0 spiro atoms. The topological polar surface area (TPSA) is 90.9 Å². The van der Waals surface area contributed by atoms with Crippen molar-refractivity contribution in [1.82, 2.24) is 20.9 Å². The Hall–Kier alpha value is -1.78. The number of pyridine rings is 1. The van der Waals surface area contributed by atoms with Crippen molar-refractivity contribution < 1.29 is 9.53 Å². The SMILES string of the molecule is CCNC(=NCC(NC(=O)OC(C)(C)C)C(C)C)NC1CCN(c2cccc(C)n2)CC1.I. The van der Waals surface area contributed by atoms with Gasteiger partial charge in [-0.25, -0.2) is 9.78 Å². The molecule has 1 saturated heterocycles. The Kier molecular flexibility index (Phi) is 12.2. The molecule has 0 aliphatic carbocycles. The second kappa shape index (κ2) is 13.8. The third-order valence-corrected chi connectivity index (χ3v) is 5.33. The zero-order valence-electron chi connectivity index (χ0n) is 21.3. The quantitative estimate of drug-likeness (QED) is 0.258. The zero-order valence-corrected chi connectivity index (χ0v) is 23.6. The van der Waals surface area contributed by atoms with Crippen LogP contribution in [0, 0.1) is 12.8 Å². The highest BCUT2D eigenvalue weighted by molar-refractivity contribution is 14.0. The molecular formula is C24H43IN6O2. The molecular weight excluding hydrogens is 531 g/mol. The van der Waals surface area contributed by atoms with E-state index in [0.29, 0.717) is 12.6 Å². The van der Waals surface area contributed by atoms with E-state index in [9.17, 15) is 4.79 Å². The number of anilines is 1. The Balaban J connectivity index is 0.00000544. The maximum Gasteiger partial charge on any atom is 0.407 e. The van der Waals surface area contributed by atoms with Crippen LogP contribution in [-0.2, 0) is 4.74 Å². The van der Waals surface area contributed by atoms with Crippen LogP contribution in [0.3, 0.4) is 0 Å². The molecule has 0 aromatic carbocycles. The number of aryl methyl sites for hydroxylation is 1. The number of halogens is 1. The fourth-order valence-electron chi connectivity index (χ4n) is 3.54. The summed E-state index contributed by atoms with van der Waals surface area (Å²) in [5, 5.41) is 9.87. The lowest BCUT2D eigenvalue weighted by atomic mass is 10.0. The molecule has 8 nitrogen and oxygen atoms in total. The van der Waals surface area contributed by atoms with E-state index < -0.39 is 11.7 Å². The largest absolute Gasteiger partial charge is 0.444 e. The Labute approximate surface area is 216 Å². The van der Waals surface area contributed by atoms with Gasteiger partial charge in [0.1, 0.15) is 11.4 Å². The molecule has 1 fully saturated rings. The van der Waals surface area contributed by atoms with Gasteiger partial charge in [0.25, 0.3) is 0 Å². The van der Waals surface area contributed by atoms with Crippen molar-refractivity contribution in [3.8, 4) is 0 Å². The predicted molar refractivity (Wildman–Crippen MR) is 147 cm³/mol. The summed E-state index contributed by atoms with van der Waals surface area (Å²) in [5.74, 6) is 2.08. The lowest BCUT2D eigenvalue weighted by Crippen LogP contribution is -2.49. The Morgan fingerprint density at radius 1 is 1.27 bits per heavy atom. The maximum atomic E-state index is 12.2. The summed E-state index contributed by atoms with van der Waals surface area (Å²) in [4.78, 5) is 24.0. The summed E-state index contributed by atoms with van der Waals surface area (Å²) < 4.78 is 5.41. The Bertz CT molecular complexity index is 758. The molecule has 9 heteroatoms. The minimum Gasteiger partial charge on any atom is -0.444 e. The van der Waals surface area contributed by atoms with Crippen LogP contribution in [0.15, 0.2) is 23.2 Å². The van der Waals surface area contributed by atoms with Crippen molar-refractivity contribution in [3.05, 3.63) is 23.9 Å². The molecule has 2 heterocycles. The number of hydrogen-bond acceptors (Lipinski definition) is 5. The van der Waals surface area contributed by atoms with E-state index in [1.807, 2.05) is 33.8 Å². The van der Waals surface area contributed by atoms with Crippen LogP contribution in [-0.4, -0.2) is 60.9 Å². The van der Waals surface area contributed by atoms with Crippen molar-refractivity contribution in [2.45, 2.75) is 79.0 Å². The Morgan fingerprint density at radius 2 is 1.94 bits per heavy atom. The molecule has 1 aromatic heterocycles. The molecule has 0 radical (unpaired) electrons. The number of amides is 1.